The summed E-state index contributed by atoms with van der Waals surface area (Å²) in [5.74, 6) is 1.89. The summed E-state index contributed by atoms with van der Waals surface area (Å²) in [6.45, 7) is 16.3. The Morgan fingerprint density at radius 3 is 2.48 bits per heavy atom. The second kappa shape index (κ2) is 8.33. The van der Waals surface area contributed by atoms with Crippen LogP contribution >= 0.6 is 0 Å². The molecule has 0 spiro atoms. The number of carbonyl (C=O) groups excluding carboxylic acids is 1. The largest absolute Gasteiger partial charge is 0.393 e. The second-order valence-corrected chi connectivity index (χ2v) is 13.5. The first-order valence-electron chi connectivity index (χ1n) is 13.5. The zero-order valence-corrected chi connectivity index (χ0v) is 22.3. The van der Waals surface area contributed by atoms with Gasteiger partial charge in [0.25, 0.3) is 0 Å². The highest BCUT2D eigenvalue weighted by atomic mass is 16.3. The SMILES string of the molecule is C/C(=C\CC[C@H](C)[C@H]1CC[C@@]2(C)C3=C(CC[C@]12C)[C@@]1(C)CC[C@H](O)C(C)(C)[C@@H]1CC3=O)CO. The lowest BCUT2D eigenvalue weighted by atomic mass is 9.43. The van der Waals surface area contributed by atoms with Crippen molar-refractivity contribution in [1.29, 1.82) is 0 Å². The number of rotatable bonds is 5. The van der Waals surface area contributed by atoms with E-state index in [1.807, 2.05) is 6.92 Å². The first-order chi connectivity index (χ1) is 15.3. The van der Waals surface area contributed by atoms with Crippen LogP contribution in [-0.2, 0) is 4.79 Å². The molecular weight excluding hydrogens is 408 g/mol. The third-order valence-corrected chi connectivity index (χ3v) is 11.7. The monoisotopic (exact) mass is 456 g/mol. The maximum absolute atomic E-state index is 13.9. The third-order valence-electron chi connectivity index (χ3n) is 11.7. The summed E-state index contributed by atoms with van der Waals surface area (Å²) in [6.07, 6.45) is 11.1. The number of hydrogen-bond acceptors (Lipinski definition) is 3. The summed E-state index contributed by atoms with van der Waals surface area (Å²) >= 11 is 0. The topological polar surface area (TPSA) is 57.5 Å². The lowest BCUT2D eigenvalue weighted by molar-refractivity contribution is -0.134. The van der Waals surface area contributed by atoms with E-state index in [1.54, 1.807) is 0 Å². The smallest absolute Gasteiger partial charge is 0.159 e. The average molecular weight is 457 g/mol. The zero-order chi connectivity index (χ0) is 24.4. The lowest BCUT2D eigenvalue weighted by Gasteiger charge is -2.61. The Labute approximate surface area is 202 Å². The van der Waals surface area contributed by atoms with Gasteiger partial charge in [-0.2, -0.15) is 0 Å². The van der Waals surface area contributed by atoms with Crippen LogP contribution in [0.4, 0.5) is 0 Å². The summed E-state index contributed by atoms with van der Waals surface area (Å²) in [7, 11) is 0. The van der Waals surface area contributed by atoms with Crippen molar-refractivity contribution in [2.75, 3.05) is 6.61 Å². The van der Waals surface area contributed by atoms with Crippen molar-refractivity contribution < 1.29 is 15.0 Å². The molecule has 2 fully saturated rings. The van der Waals surface area contributed by atoms with E-state index in [1.165, 1.54) is 24.0 Å². The van der Waals surface area contributed by atoms with E-state index in [4.69, 9.17) is 0 Å². The van der Waals surface area contributed by atoms with Crippen LogP contribution in [0.2, 0.25) is 0 Å². The highest BCUT2D eigenvalue weighted by Crippen LogP contribution is 2.71. The molecule has 0 saturated heterocycles. The molecule has 0 heterocycles. The number of aliphatic hydroxyl groups is 2. The standard InChI is InChI=1S/C30H48O3/c1-19(18-31)9-8-10-20(2)21-11-16-30(7)26-22(12-15-29(21,30)6)28(5)14-13-25(33)27(3,4)24(28)17-23(26)32/h9,20-21,24-25,31,33H,8,10-18H2,1-7H3/b19-9+/t20-,21+,24-,25-,28+,29+,30-/m0/s1. The van der Waals surface area contributed by atoms with Gasteiger partial charge in [0.15, 0.2) is 5.78 Å². The molecule has 0 bridgehead atoms. The Morgan fingerprint density at radius 2 is 1.82 bits per heavy atom. The zero-order valence-electron chi connectivity index (χ0n) is 22.3. The maximum Gasteiger partial charge on any atom is 0.159 e. The minimum Gasteiger partial charge on any atom is -0.393 e. The summed E-state index contributed by atoms with van der Waals surface area (Å²) < 4.78 is 0. The first-order valence-corrected chi connectivity index (χ1v) is 13.5. The highest BCUT2D eigenvalue weighted by molar-refractivity contribution is 5.99. The number of ketones is 1. The summed E-state index contributed by atoms with van der Waals surface area (Å²) in [5.41, 5.74) is 3.73. The van der Waals surface area contributed by atoms with Gasteiger partial charge in [0.05, 0.1) is 12.7 Å². The van der Waals surface area contributed by atoms with Gasteiger partial charge in [-0.05, 0) is 92.3 Å². The fraction of sp³-hybridized carbons (Fsp3) is 0.833. The lowest BCUT2D eigenvalue weighted by Crippen LogP contribution is -2.57. The van der Waals surface area contributed by atoms with Crippen molar-refractivity contribution in [3.8, 4) is 0 Å². The Kier molecular flexibility index (Phi) is 6.35. The molecule has 2 saturated carbocycles. The van der Waals surface area contributed by atoms with Gasteiger partial charge in [-0.15, -0.1) is 0 Å². The van der Waals surface area contributed by atoms with Crippen LogP contribution in [0.5, 0.6) is 0 Å². The highest BCUT2D eigenvalue weighted by Gasteiger charge is 2.65. The molecule has 2 N–H and O–H groups in total. The predicted molar refractivity (Wildman–Crippen MR) is 135 cm³/mol. The fourth-order valence-electron chi connectivity index (χ4n) is 9.16. The van der Waals surface area contributed by atoms with Crippen molar-refractivity contribution in [2.45, 2.75) is 112 Å². The maximum atomic E-state index is 13.9. The molecule has 186 valence electrons. The molecule has 0 unspecified atom stereocenters. The van der Waals surface area contributed by atoms with Crippen LogP contribution in [0.25, 0.3) is 0 Å². The normalized spacial score (nSPS) is 43.7. The molecule has 0 aromatic rings. The fourth-order valence-corrected chi connectivity index (χ4v) is 9.16. The summed E-state index contributed by atoms with van der Waals surface area (Å²) in [4.78, 5) is 13.9. The van der Waals surface area contributed by atoms with E-state index in [0.717, 1.165) is 44.1 Å². The molecular formula is C30H48O3. The van der Waals surface area contributed by atoms with E-state index >= 15 is 0 Å². The summed E-state index contributed by atoms with van der Waals surface area (Å²) in [6, 6.07) is 0. The van der Waals surface area contributed by atoms with E-state index in [0.29, 0.717) is 24.0 Å². The van der Waals surface area contributed by atoms with Gasteiger partial charge in [-0.3, -0.25) is 4.79 Å². The molecule has 3 nitrogen and oxygen atoms in total. The van der Waals surface area contributed by atoms with Crippen LogP contribution < -0.4 is 0 Å². The van der Waals surface area contributed by atoms with Gasteiger partial charge in [0.2, 0.25) is 0 Å². The molecule has 0 aromatic carbocycles. The molecule has 3 heteroatoms. The molecule has 0 aliphatic heterocycles. The Hall–Kier alpha value is -0.930. The van der Waals surface area contributed by atoms with E-state index in [-0.39, 0.29) is 40.3 Å². The van der Waals surface area contributed by atoms with Crippen molar-refractivity contribution >= 4 is 5.78 Å². The Morgan fingerprint density at radius 1 is 1.12 bits per heavy atom. The van der Waals surface area contributed by atoms with Crippen molar-refractivity contribution in [3.63, 3.8) is 0 Å². The first kappa shape index (κ1) is 25.2. The molecule has 4 rings (SSSR count). The van der Waals surface area contributed by atoms with Crippen LogP contribution in [0.15, 0.2) is 22.8 Å². The van der Waals surface area contributed by atoms with E-state index < -0.39 is 0 Å². The van der Waals surface area contributed by atoms with E-state index in [9.17, 15) is 15.0 Å². The number of aliphatic hydroxyl groups excluding tert-OH is 2. The van der Waals surface area contributed by atoms with Gasteiger partial charge < -0.3 is 10.2 Å². The van der Waals surface area contributed by atoms with Crippen LogP contribution in [0, 0.1) is 39.4 Å². The number of fused-ring (bicyclic) bond motifs is 4. The molecule has 0 radical (unpaired) electrons. The van der Waals surface area contributed by atoms with Gasteiger partial charge >= 0.3 is 0 Å². The van der Waals surface area contributed by atoms with Crippen molar-refractivity contribution in [2.24, 2.45) is 39.4 Å². The average Bonchev–Trinajstić information content (AvgIpc) is 3.04. The Bertz CT molecular complexity index is 866. The molecule has 0 amide bonds. The minimum atomic E-state index is -0.310. The third kappa shape index (κ3) is 3.54. The molecule has 4 aliphatic carbocycles. The minimum absolute atomic E-state index is 0.0262. The number of Topliss-reactive ketones (excluding diaryl/α,β-unsaturated/α-hetero) is 1. The van der Waals surface area contributed by atoms with E-state index in [2.05, 4.69) is 47.6 Å². The quantitative estimate of drug-likeness (QED) is 0.456. The molecule has 4 aliphatic rings. The van der Waals surface area contributed by atoms with Gasteiger partial charge in [-0.25, -0.2) is 0 Å². The van der Waals surface area contributed by atoms with Gasteiger partial charge in [0, 0.05) is 17.4 Å². The number of allylic oxidation sites excluding steroid dienone is 3. The van der Waals surface area contributed by atoms with Crippen LogP contribution in [-0.4, -0.2) is 28.7 Å². The molecule has 33 heavy (non-hydrogen) atoms. The van der Waals surface area contributed by atoms with Crippen LogP contribution in [0.3, 0.4) is 0 Å². The number of carbonyl (C=O) groups is 1. The summed E-state index contributed by atoms with van der Waals surface area (Å²) in [5, 5.41) is 20.1. The molecule has 0 aromatic heterocycles. The van der Waals surface area contributed by atoms with Crippen molar-refractivity contribution in [3.05, 3.63) is 22.8 Å². The second-order valence-electron chi connectivity index (χ2n) is 13.5. The number of hydrogen-bond donors (Lipinski definition) is 2. The Balaban J connectivity index is 1.67. The van der Waals surface area contributed by atoms with Crippen LogP contribution in [0.1, 0.15) is 106 Å². The van der Waals surface area contributed by atoms with Gasteiger partial charge in [-0.1, -0.05) is 58.8 Å². The molecule has 7 atom stereocenters. The predicted octanol–water partition coefficient (Wildman–Crippen LogP) is 6.63. The van der Waals surface area contributed by atoms with Gasteiger partial charge in [0.1, 0.15) is 0 Å². The van der Waals surface area contributed by atoms with Crippen molar-refractivity contribution in [1.82, 2.24) is 0 Å².